The number of hydrogen-bond acceptors (Lipinski definition) is 6. The van der Waals surface area contributed by atoms with Crippen LogP contribution in [0.1, 0.15) is 245 Å². The maximum atomic E-state index is 13.0. The number of hydrogen-bond donors (Lipinski definition) is 2. The van der Waals surface area contributed by atoms with E-state index in [9.17, 15) is 19.4 Å². The first kappa shape index (κ1) is 69.4. The average Bonchev–Trinajstić information content (AvgIpc) is 3.34. The minimum Gasteiger partial charge on any atom is -0.756 e. The summed E-state index contributed by atoms with van der Waals surface area (Å²) in [4.78, 5) is 25.5. The van der Waals surface area contributed by atoms with Gasteiger partial charge in [-0.25, -0.2) is 0 Å². The minimum absolute atomic E-state index is 0.00520. The first-order chi connectivity index (χ1) is 35.0. The van der Waals surface area contributed by atoms with Crippen molar-refractivity contribution in [1.82, 2.24) is 5.32 Å². The molecule has 0 fully saturated rings. The normalized spacial score (nSPS) is 14.6. The predicted octanol–water partition coefficient (Wildman–Crippen LogP) is 17.6. The molecule has 416 valence electrons. The molecule has 0 radical (unpaired) electrons. The first-order valence-electron chi connectivity index (χ1n) is 29.6. The highest BCUT2D eigenvalue weighted by Gasteiger charge is 2.23. The van der Waals surface area contributed by atoms with Crippen molar-refractivity contribution < 1.29 is 32.9 Å². The number of unbranched alkanes of at least 4 members (excludes halogenated alkanes) is 26. The highest BCUT2D eigenvalue weighted by atomic mass is 31.2. The molecular weight excluding hydrogens is 912 g/mol. The summed E-state index contributed by atoms with van der Waals surface area (Å²) < 4.78 is 23.3. The molecule has 3 atom stereocenters. The summed E-state index contributed by atoms with van der Waals surface area (Å²) in [6, 6.07) is -0.894. The highest BCUT2D eigenvalue weighted by molar-refractivity contribution is 7.45. The van der Waals surface area contributed by atoms with Crippen LogP contribution in [0.4, 0.5) is 0 Å². The molecule has 0 saturated heterocycles. The Labute approximate surface area is 445 Å². The van der Waals surface area contributed by atoms with Gasteiger partial charge < -0.3 is 28.8 Å². The van der Waals surface area contributed by atoms with Crippen molar-refractivity contribution in [1.29, 1.82) is 0 Å². The lowest BCUT2D eigenvalue weighted by Gasteiger charge is -2.29. The molecule has 72 heavy (non-hydrogen) atoms. The summed E-state index contributed by atoms with van der Waals surface area (Å²) in [6.45, 7) is 4.54. The Morgan fingerprint density at radius 1 is 0.500 bits per heavy atom. The van der Waals surface area contributed by atoms with E-state index in [1.54, 1.807) is 6.08 Å². The molecule has 0 aliphatic carbocycles. The third-order valence-electron chi connectivity index (χ3n) is 12.8. The molecule has 0 aliphatic rings. The number of nitrogens with zero attached hydrogens (tertiary/aromatic N) is 1. The summed E-state index contributed by atoms with van der Waals surface area (Å²) in [5.41, 5.74) is 0. The van der Waals surface area contributed by atoms with Gasteiger partial charge in [0.05, 0.1) is 39.9 Å². The minimum atomic E-state index is -4.60. The van der Waals surface area contributed by atoms with Gasteiger partial charge in [-0.05, 0) is 77.0 Å². The van der Waals surface area contributed by atoms with Gasteiger partial charge in [0.1, 0.15) is 13.2 Å². The van der Waals surface area contributed by atoms with Crippen LogP contribution in [0.25, 0.3) is 0 Å². The molecule has 0 saturated carbocycles. The van der Waals surface area contributed by atoms with E-state index in [0.717, 1.165) is 83.5 Å². The number of aliphatic hydroxyl groups excluding tert-OH is 1. The SMILES string of the molecule is CC/C=C\C/C=C\C/C=C\C/C=C\C/C=C\C/C=C\C/C=C\CCCCCCCCCCCCCC(=O)NC(COP(=O)([O-])OCC[N+](C)(C)C)C(O)/C=C/CCCCCCCCCCCCCCCCC. The Bertz CT molecular complexity index is 1490. The van der Waals surface area contributed by atoms with Crippen molar-refractivity contribution in [2.45, 2.75) is 257 Å². The van der Waals surface area contributed by atoms with E-state index in [2.05, 4.69) is 104 Å². The van der Waals surface area contributed by atoms with Gasteiger partial charge >= 0.3 is 0 Å². The van der Waals surface area contributed by atoms with Gasteiger partial charge in [-0.1, -0.05) is 259 Å². The van der Waals surface area contributed by atoms with Crippen molar-refractivity contribution in [2.75, 3.05) is 40.9 Å². The lowest BCUT2D eigenvalue weighted by molar-refractivity contribution is -0.870. The molecule has 9 heteroatoms. The van der Waals surface area contributed by atoms with Crippen LogP contribution in [0.3, 0.4) is 0 Å². The molecule has 0 aromatic rings. The van der Waals surface area contributed by atoms with Crippen molar-refractivity contribution in [3.05, 3.63) is 97.2 Å². The fourth-order valence-electron chi connectivity index (χ4n) is 8.19. The fourth-order valence-corrected chi connectivity index (χ4v) is 8.92. The fraction of sp³-hybridized carbons (Fsp3) is 0.730. The second kappa shape index (κ2) is 53.3. The molecule has 0 aromatic heterocycles. The number of carbonyl (C=O) groups excluding carboxylic acids is 1. The van der Waals surface area contributed by atoms with Crippen LogP contribution in [0, 0.1) is 0 Å². The standard InChI is InChI=1S/C63H113N2O6P/c1-6-8-10-12-14-16-18-20-22-24-25-26-27-28-29-30-31-32-33-34-35-36-37-38-39-41-43-45-47-49-51-53-55-57-63(67)64-61(60-71-72(68,69)70-59-58-65(3,4)5)62(66)56-54-52-50-48-46-44-42-40-23-21-19-17-15-13-11-9-7-2/h8,10,14,16,20,22,25-26,28-29,31-32,34-35,54,56,61-62,66H,6-7,9,11-13,15,17-19,21,23-24,27,30,33,36-53,55,57-60H2,1-5H3,(H-,64,67,68,69)/b10-8-,16-14-,22-20-,26-25-,29-28-,32-31-,35-34-,56-54+. The quantitative estimate of drug-likeness (QED) is 0.0272. The molecule has 0 aromatic carbocycles. The average molecular weight is 1030 g/mol. The number of carbonyl (C=O) groups is 1. The topological polar surface area (TPSA) is 108 Å². The molecule has 0 aliphatic heterocycles. The van der Waals surface area contributed by atoms with Crippen LogP contribution >= 0.6 is 7.82 Å². The van der Waals surface area contributed by atoms with Gasteiger partial charge in [-0.3, -0.25) is 9.36 Å². The van der Waals surface area contributed by atoms with E-state index < -0.39 is 20.0 Å². The van der Waals surface area contributed by atoms with Crippen LogP contribution in [0.15, 0.2) is 97.2 Å². The van der Waals surface area contributed by atoms with Gasteiger partial charge in [-0.2, -0.15) is 0 Å². The molecule has 8 nitrogen and oxygen atoms in total. The summed E-state index contributed by atoms with van der Waals surface area (Å²) >= 11 is 0. The number of phosphoric ester groups is 1. The Balaban J connectivity index is 4.17. The largest absolute Gasteiger partial charge is 0.756 e. The molecule has 0 rings (SSSR count). The monoisotopic (exact) mass is 1020 g/mol. The summed E-state index contributed by atoms with van der Waals surface area (Å²) in [7, 11) is 1.25. The number of quaternary nitrogens is 1. The molecule has 1 amide bonds. The number of rotatable bonds is 53. The molecule has 0 bridgehead atoms. The van der Waals surface area contributed by atoms with E-state index in [4.69, 9.17) is 9.05 Å². The van der Waals surface area contributed by atoms with E-state index in [-0.39, 0.29) is 19.1 Å². The Kier molecular flexibility index (Phi) is 51.3. The predicted molar refractivity (Wildman–Crippen MR) is 311 cm³/mol. The summed E-state index contributed by atoms with van der Waals surface area (Å²) in [6.07, 6.45) is 76.2. The van der Waals surface area contributed by atoms with Crippen LogP contribution in [-0.4, -0.2) is 68.5 Å². The Morgan fingerprint density at radius 2 is 0.847 bits per heavy atom. The maximum Gasteiger partial charge on any atom is 0.268 e. The van der Waals surface area contributed by atoms with Crippen molar-refractivity contribution in [3.8, 4) is 0 Å². The van der Waals surface area contributed by atoms with E-state index >= 15 is 0 Å². The molecule has 0 heterocycles. The number of likely N-dealkylation sites (N-methyl/N-ethyl adjacent to an activating group) is 1. The van der Waals surface area contributed by atoms with Gasteiger partial charge in [0.15, 0.2) is 0 Å². The van der Waals surface area contributed by atoms with Crippen LogP contribution in [-0.2, 0) is 18.4 Å². The number of phosphoric acid groups is 1. The Hall–Kier alpha value is -2.58. The molecular formula is C63H113N2O6P. The zero-order valence-corrected chi connectivity index (χ0v) is 48.2. The van der Waals surface area contributed by atoms with Crippen molar-refractivity contribution in [3.63, 3.8) is 0 Å². The summed E-state index contributed by atoms with van der Waals surface area (Å²) in [5, 5.41) is 13.9. The van der Waals surface area contributed by atoms with Crippen LogP contribution in [0.5, 0.6) is 0 Å². The second-order valence-corrected chi connectivity index (χ2v) is 22.4. The molecule has 0 spiro atoms. The lowest BCUT2D eigenvalue weighted by atomic mass is 10.0. The lowest BCUT2D eigenvalue weighted by Crippen LogP contribution is -2.45. The zero-order valence-electron chi connectivity index (χ0n) is 47.4. The number of aliphatic hydroxyl groups is 1. The third kappa shape index (κ3) is 55.2. The smallest absolute Gasteiger partial charge is 0.268 e. The van der Waals surface area contributed by atoms with Crippen molar-refractivity contribution >= 4 is 13.7 Å². The molecule has 2 N–H and O–H groups in total. The van der Waals surface area contributed by atoms with E-state index in [1.165, 1.54) is 141 Å². The summed E-state index contributed by atoms with van der Waals surface area (Å²) in [5.74, 6) is -0.203. The van der Waals surface area contributed by atoms with Crippen molar-refractivity contribution in [2.24, 2.45) is 0 Å². The van der Waals surface area contributed by atoms with Gasteiger partial charge in [0.25, 0.3) is 7.82 Å². The Morgan fingerprint density at radius 3 is 1.24 bits per heavy atom. The zero-order chi connectivity index (χ0) is 52.7. The van der Waals surface area contributed by atoms with Crippen LogP contribution in [0.2, 0.25) is 0 Å². The van der Waals surface area contributed by atoms with Gasteiger partial charge in [0, 0.05) is 6.42 Å². The first-order valence-corrected chi connectivity index (χ1v) is 31.1. The van der Waals surface area contributed by atoms with Gasteiger partial charge in [-0.15, -0.1) is 0 Å². The van der Waals surface area contributed by atoms with Crippen LogP contribution < -0.4 is 10.2 Å². The van der Waals surface area contributed by atoms with E-state index in [1.807, 2.05) is 27.2 Å². The maximum absolute atomic E-state index is 13.0. The number of nitrogens with one attached hydrogen (secondary N) is 1. The van der Waals surface area contributed by atoms with Gasteiger partial charge in [0.2, 0.25) is 5.91 Å². The highest BCUT2D eigenvalue weighted by Crippen LogP contribution is 2.38. The third-order valence-corrected chi connectivity index (χ3v) is 13.8. The second-order valence-electron chi connectivity index (χ2n) is 21.0. The molecule has 3 unspecified atom stereocenters. The number of allylic oxidation sites excluding steroid dienone is 15. The van der Waals surface area contributed by atoms with E-state index in [0.29, 0.717) is 17.4 Å². The number of amides is 1.